The molecule has 0 spiro atoms. The van der Waals surface area contributed by atoms with E-state index >= 15 is 0 Å². The van der Waals surface area contributed by atoms with E-state index in [1.54, 1.807) is 13.3 Å². The zero-order valence-corrected chi connectivity index (χ0v) is 13.8. The molecule has 2 aromatic rings. The molecule has 9 nitrogen and oxygen atoms in total. The highest BCUT2D eigenvalue weighted by Crippen LogP contribution is 2.34. The van der Waals surface area contributed by atoms with E-state index in [2.05, 4.69) is 19.9 Å². The van der Waals surface area contributed by atoms with E-state index in [1.165, 1.54) is 6.33 Å². The number of aromatic nitrogens is 4. The zero-order valence-electron chi connectivity index (χ0n) is 12.9. The molecule has 2 aromatic heterocycles. The fourth-order valence-corrected chi connectivity index (χ4v) is 3.16. The first kappa shape index (κ1) is 16.3. The van der Waals surface area contributed by atoms with Gasteiger partial charge in [0.2, 0.25) is 0 Å². The van der Waals surface area contributed by atoms with Crippen LogP contribution in [-0.4, -0.2) is 54.8 Å². The van der Waals surface area contributed by atoms with Crippen LogP contribution in [0.15, 0.2) is 12.7 Å². The predicted molar refractivity (Wildman–Crippen MR) is 84.2 cm³/mol. The highest BCUT2D eigenvalue weighted by atomic mass is 31.2. The second kappa shape index (κ2) is 6.52. The fourth-order valence-electron chi connectivity index (χ4n) is 2.72. The second-order valence-corrected chi connectivity index (χ2v) is 7.32. The van der Waals surface area contributed by atoms with Gasteiger partial charge in [0.05, 0.1) is 19.0 Å². The van der Waals surface area contributed by atoms with Crippen LogP contribution >= 0.6 is 7.60 Å². The molecule has 0 unspecified atom stereocenters. The first-order chi connectivity index (χ1) is 10.9. The van der Waals surface area contributed by atoms with Crippen LogP contribution in [-0.2, 0) is 15.8 Å². The summed E-state index contributed by atoms with van der Waals surface area (Å²) in [6, 6.07) is 0. The highest BCUT2D eigenvalue weighted by molar-refractivity contribution is 7.51. The first-order valence-electron chi connectivity index (χ1n) is 7.51. The summed E-state index contributed by atoms with van der Waals surface area (Å²) in [7, 11) is -4.16. The van der Waals surface area contributed by atoms with Gasteiger partial charge in [0.25, 0.3) is 0 Å². The van der Waals surface area contributed by atoms with Gasteiger partial charge in [0, 0.05) is 13.1 Å². The van der Waals surface area contributed by atoms with Crippen LogP contribution in [0.3, 0.4) is 0 Å². The zero-order chi connectivity index (χ0) is 16.4. The van der Waals surface area contributed by atoms with Crippen LogP contribution in [0.2, 0.25) is 0 Å². The topological polar surface area (TPSA) is 114 Å². The number of fused-ring (bicyclic) bond motifs is 1. The Labute approximate surface area is 133 Å². The summed E-state index contributed by atoms with van der Waals surface area (Å²) in [6.07, 6.45) is 4.53. The molecule has 2 N–H and O–H groups in total. The summed E-state index contributed by atoms with van der Waals surface area (Å²) in [5, 5.41) is 0. The SMILES string of the molecule is C[C@H](Cn1cnc2c(N3CCCC3)ncnc21)OCP(=O)(O)O. The van der Waals surface area contributed by atoms with Crippen molar-refractivity contribution in [2.24, 2.45) is 0 Å². The molecule has 1 aliphatic rings. The van der Waals surface area contributed by atoms with Crippen molar-refractivity contribution in [3.63, 3.8) is 0 Å². The molecule has 0 aliphatic carbocycles. The molecular weight excluding hydrogens is 321 g/mol. The minimum absolute atomic E-state index is 0.370. The van der Waals surface area contributed by atoms with Crippen molar-refractivity contribution < 1.29 is 19.1 Å². The Bertz CT molecular complexity index is 724. The Balaban J connectivity index is 1.77. The minimum atomic E-state index is -4.16. The van der Waals surface area contributed by atoms with E-state index in [4.69, 9.17) is 14.5 Å². The summed E-state index contributed by atoms with van der Waals surface area (Å²) in [5.74, 6) is 0.843. The molecule has 0 radical (unpaired) electrons. The molecule has 0 amide bonds. The fraction of sp³-hybridized carbons (Fsp3) is 0.615. The molecule has 10 heteroatoms. The van der Waals surface area contributed by atoms with E-state index in [0.717, 1.165) is 37.3 Å². The van der Waals surface area contributed by atoms with Gasteiger partial charge in [-0.2, -0.15) is 0 Å². The average Bonchev–Trinajstić information content (AvgIpc) is 3.14. The van der Waals surface area contributed by atoms with Crippen molar-refractivity contribution in [1.29, 1.82) is 0 Å². The molecular formula is C13H20N5O4P. The molecule has 23 heavy (non-hydrogen) atoms. The van der Waals surface area contributed by atoms with Gasteiger partial charge in [-0.15, -0.1) is 0 Å². The normalized spacial score (nSPS) is 17.1. The Morgan fingerprint density at radius 2 is 2.04 bits per heavy atom. The molecule has 1 atom stereocenters. The van der Waals surface area contributed by atoms with Gasteiger partial charge in [-0.05, 0) is 19.8 Å². The van der Waals surface area contributed by atoms with E-state index in [-0.39, 0.29) is 6.10 Å². The van der Waals surface area contributed by atoms with Crippen molar-refractivity contribution >= 4 is 24.6 Å². The van der Waals surface area contributed by atoms with E-state index in [0.29, 0.717) is 12.2 Å². The molecule has 1 saturated heterocycles. The minimum Gasteiger partial charge on any atom is -0.364 e. The second-order valence-electron chi connectivity index (χ2n) is 5.73. The number of ether oxygens (including phenoxy) is 1. The average molecular weight is 341 g/mol. The smallest absolute Gasteiger partial charge is 0.350 e. The Morgan fingerprint density at radius 3 is 2.74 bits per heavy atom. The molecule has 1 aliphatic heterocycles. The quantitative estimate of drug-likeness (QED) is 0.747. The van der Waals surface area contributed by atoms with Crippen molar-refractivity contribution in [2.45, 2.75) is 32.4 Å². The van der Waals surface area contributed by atoms with Gasteiger partial charge in [-0.25, -0.2) is 15.0 Å². The van der Waals surface area contributed by atoms with Gasteiger partial charge >= 0.3 is 7.60 Å². The molecule has 0 bridgehead atoms. The summed E-state index contributed by atoms with van der Waals surface area (Å²) in [6.45, 7) is 4.11. The maximum Gasteiger partial charge on any atom is 0.350 e. The van der Waals surface area contributed by atoms with Gasteiger partial charge in [0.15, 0.2) is 17.0 Å². The summed E-state index contributed by atoms with van der Waals surface area (Å²) >= 11 is 0. The molecule has 3 rings (SSSR count). The lowest BCUT2D eigenvalue weighted by atomic mass is 10.4. The number of anilines is 1. The maximum absolute atomic E-state index is 10.9. The Kier molecular flexibility index (Phi) is 4.63. The number of hydrogen-bond acceptors (Lipinski definition) is 6. The molecule has 1 fully saturated rings. The van der Waals surface area contributed by atoms with Gasteiger partial charge < -0.3 is 24.0 Å². The summed E-state index contributed by atoms with van der Waals surface area (Å²) < 4.78 is 17.9. The number of nitrogens with zero attached hydrogens (tertiary/aromatic N) is 5. The number of imidazole rings is 1. The van der Waals surface area contributed by atoms with Crippen molar-refractivity contribution in [3.8, 4) is 0 Å². The Hall–Kier alpha value is -1.54. The van der Waals surface area contributed by atoms with Crippen LogP contribution in [0, 0.1) is 0 Å². The monoisotopic (exact) mass is 341 g/mol. The maximum atomic E-state index is 10.9. The molecule has 0 saturated carbocycles. The standard InChI is InChI=1S/C13H20N5O4P/c1-10(22-9-23(19,20)21)6-18-8-16-11-12(14-7-15-13(11)18)17-4-2-3-5-17/h7-8,10H,2-6,9H2,1H3,(H2,19,20,21)/t10-/m1/s1. The summed E-state index contributed by atoms with van der Waals surface area (Å²) in [5.41, 5.74) is 1.45. The summed E-state index contributed by atoms with van der Waals surface area (Å²) in [4.78, 5) is 33.0. The molecule has 126 valence electrons. The Morgan fingerprint density at radius 1 is 1.30 bits per heavy atom. The van der Waals surface area contributed by atoms with Gasteiger partial charge in [0.1, 0.15) is 12.7 Å². The lowest BCUT2D eigenvalue weighted by molar-refractivity contribution is 0.0764. The van der Waals surface area contributed by atoms with Crippen molar-refractivity contribution in [2.75, 3.05) is 24.3 Å². The molecule has 0 aromatic carbocycles. The van der Waals surface area contributed by atoms with Gasteiger partial charge in [-0.3, -0.25) is 4.57 Å². The van der Waals surface area contributed by atoms with Crippen LogP contribution in [0.4, 0.5) is 5.82 Å². The number of rotatable bonds is 6. The third kappa shape index (κ3) is 3.87. The van der Waals surface area contributed by atoms with E-state index < -0.39 is 13.9 Å². The van der Waals surface area contributed by atoms with E-state index in [1.807, 2.05) is 4.57 Å². The van der Waals surface area contributed by atoms with Crippen molar-refractivity contribution in [1.82, 2.24) is 19.5 Å². The van der Waals surface area contributed by atoms with Crippen LogP contribution in [0.25, 0.3) is 11.2 Å². The van der Waals surface area contributed by atoms with Crippen LogP contribution in [0.5, 0.6) is 0 Å². The number of hydrogen-bond donors (Lipinski definition) is 2. The predicted octanol–water partition coefficient (Wildman–Crippen LogP) is 0.967. The van der Waals surface area contributed by atoms with Gasteiger partial charge in [-0.1, -0.05) is 0 Å². The third-order valence-corrected chi connectivity index (χ3v) is 4.25. The van der Waals surface area contributed by atoms with Crippen molar-refractivity contribution in [3.05, 3.63) is 12.7 Å². The van der Waals surface area contributed by atoms with E-state index in [9.17, 15) is 4.57 Å². The first-order valence-corrected chi connectivity index (χ1v) is 9.31. The molecule has 3 heterocycles. The van der Waals surface area contributed by atoms with Crippen LogP contribution < -0.4 is 4.90 Å². The largest absolute Gasteiger partial charge is 0.364 e. The van der Waals surface area contributed by atoms with Crippen LogP contribution in [0.1, 0.15) is 19.8 Å². The third-order valence-electron chi connectivity index (χ3n) is 3.77. The lowest BCUT2D eigenvalue weighted by Gasteiger charge is -2.17. The lowest BCUT2D eigenvalue weighted by Crippen LogP contribution is -2.20. The highest BCUT2D eigenvalue weighted by Gasteiger charge is 2.20.